The van der Waals surface area contributed by atoms with Gasteiger partial charge in [-0.3, -0.25) is 4.79 Å². The van der Waals surface area contributed by atoms with Crippen molar-refractivity contribution in [1.29, 1.82) is 0 Å². The van der Waals surface area contributed by atoms with Crippen molar-refractivity contribution in [3.63, 3.8) is 0 Å². The van der Waals surface area contributed by atoms with E-state index in [2.05, 4.69) is 50.5 Å². The van der Waals surface area contributed by atoms with Crippen LogP contribution in [0.4, 0.5) is 8.78 Å². The standard InChI is InChI=1S/C30H40F2N2O/c1-6-23-14-22(19-30(3,4)5)17-28-27(23)8-7-9-29(28)33-13-12-26(34-20(2)35)11-10-21-15-24(31)18-25(32)16-21/h10-11,14-18,26,29,33H,6-9,12-13,19H2,1-5H3,(H,34,35)/b11-10+. The van der Waals surface area contributed by atoms with Crippen molar-refractivity contribution in [2.75, 3.05) is 6.54 Å². The number of amides is 1. The Balaban J connectivity index is 1.71. The lowest BCUT2D eigenvalue weighted by Crippen LogP contribution is -2.35. The van der Waals surface area contributed by atoms with Gasteiger partial charge in [-0.05, 0) is 90.4 Å². The van der Waals surface area contributed by atoms with Gasteiger partial charge in [-0.25, -0.2) is 8.78 Å². The number of fused-ring (bicyclic) bond motifs is 1. The summed E-state index contributed by atoms with van der Waals surface area (Å²) in [5.74, 6) is -1.36. The van der Waals surface area contributed by atoms with Crippen molar-refractivity contribution in [3.8, 4) is 0 Å². The molecule has 3 rings (SSSR count). The minimum absolute atomic E-state index is 0.132. The molecule has 0 radical (unpaired) electrons. The number of nitrogens with one attached hydrogen (secondary N) is 2. The molecule has 0 aliphatic heterocycles. The number of hydrogen-bond acceptors (Lipinski definition) is 2. The molecule has 0 bridgehead atoms. The largest absolute Gasteiger partial charge is 0.350 e. The van der Waals surface area contributed by atoms with E-state index in [4.69, 9.17) is 0 Å². The minimum atomic E-state index is -0.615. The van der Waals surface area contributed by atoms with Gasteiger partial charge >= 0.3 is 0 Å². The first-order chi connectivity index (χ1) is 16.5. The van der Waals surface area contributed by atoms with Crippen molar-refractivity contribution in [2.45, 2.75) is 85.2 Å². The average molecular weight is 483 g/mol. The highest BCUT2D eigenvalue weighted by atomic mass is 19.1. The molecular formula is C30H40F2N2O. The molecule has 0 aromatic heterocycles. The van der Waals surface area contributed by atoms with Gasteiger partial charge in [0, 0.05) is 25.1 Å². The first-order valence-corrected chi connectivity index (χ1v) is 12.8. The number of hydrogen-bond donors (Lipinski definition) is 2. The van der Waals surface area contributed by atoms with Crippen molar-refractivity contribution < 1.29 is 13.6 Å². The summed E-state index contributed by atoms with van der Waals surface area (Å²) in [6, 6.07) is 8.28. The summed E-state index contributed by atoms with van der Waals surface area (Å²) in [7, 11) is 0. The van der Waals surface area contributed by atoms with Crippen LogP contribution in [0.2, 0.25) is 0 Å². The van der Waals surface area contributed by atoms with Crippen LogP contribution in [0.15, 0.2) is 36.4 Å². The molecule has 0 heterocycles. The number of halogens is 2. The van der Waals surface area contributed by atoms with Gasteiger partial charge in [0.1, 0.15) is 11.6 Å². The van der Waals surface area contributed by atoms with E-state index >= 15 is 0 Å². The molecule has 190 valence electrons. The molecule has 0 fully saturated rings. The Morgan fingerprint density at radius 2 is 1.86 bits per heavy atom. The van der Waals surface area contributed by atoms with Crippen LogP contribution >= 0.6 is 0 Å². The van der Waals surface area contributed by atoms with E-state index in [0.717, 1.165) is 44.7 Å². The SMILES string of the molecule is CCc1cc(CC(C)(C)C)cc2c1CCCC2NCCC(/C=C/c1cc(F)cc(F)c1)NC(C)=O. The zero-order valence-corrected chi connectivity index (χ0v) is 21.8. The Hall–Kier alpha value is -2.53. The Kier molecular flexibility index (Phi) is 9.23. The quantitative estimate of drug-likeness (QED) is 0.418. The fourth-order valence-electron chi connectivity index (χ4n) is 5.11. The molecule has 2 aromatic rings. The lowest BCUT2D eigenvalue weighted by Gasteiger charge is -2.30. The molecule has 2 aromatic carbocycles. The van der Waals surface area contributed by atoms with Crippen molar-refractivity contribution in [3.05, 3.63) is 75.9 Å². The number of benzene rings is 2. The summed E-state index contributed by atoms with van der Waals surface area (Å²) < 4.78 is 27.0. The van der Waals surface area contributed by atoms with E-state index in [1.165, 1.54) is 41.3 Å². The summed E-state index contributed by atoms with van der Waals surface area (Å²) >= 11 is 0. The lowest BCUT2D eigenvalue weighted by molar-refractivity contribution is -0.119. The van der Waals surface area contributed by atoms with E-state index < -0.39 is 11.6 Å². The van der Waals surface area contributed by atoms with E-state index in [1.807, 2.05) is 6.08 Å². The van der Waals surface area contributed by atoms with Crippen molar-refractivity contribution in [2.24, 2.45) is 5.41 Å². The average Bonchev–Trinajstić information content (AvgIpc) is 2.75. The molecule has 2 N–H and O–H groups in total. The summed E-state index contributed by atoms with van der Waals surface area (Å²) in [6.07, 6.45) is 9.64. The first kappa shape index (κ1) is 27.1. The molecule has 3 nitrogen and oxygen atoms in total. The van der Waals surface area contributed by atoms with Crippen LogP contribution in [0, 0.1) is 17.0 Å². The van der Waals surface area contributed by atoms with Gasteiger partial charge in [0.05, 0.1) is 0 Å². The topological polar surface area (TPSA) is 41.1 Å². The molecule has 1 aliphatic carbocycles. The predicted octanol–water partition coefficient (Wildman–Crippen LogP) is 6.69. The Bertz CT molecular complexity index is 1030. The van der Waals surface area contributed by atoms with Gasteiger partial charge in [-0.15, -0.1) is 0 Å². The molecule has 35 heavy (non-hydrogen) atoms. The molecule has 0 spiro atoms. The summed E-state index contributed by atoms with van der Waals surface area (Å²) in [5, 5.41) is 6.67. The number of rotatable bonds is 9. The second kappa shape index (κ2) is 11.9. The highest BCUT2D eigenvalue weighted by Gasteiger charge is 2.24. The second-order valence-corrected chi connectivity index (χ2v) is 11.0. The van der Waals surface area contributed by atoms with Crippen LogP contribution in [0.3, 0.4) is 0 Å². The normalized spacial score (nSPS) is 16.8. The highest BCUT2D eigenvalue weighted by molar-refractivity contribution is 5.73. The predicted molar refractivity (Wildman–Crippen MR) is 140 cm³/mol. The fraction of sp³-hybridized carbons (Fsp3) is 0.500. The van der Waals surface area contributed by atoms with Gasteiger partial charge in [-0.1, -0.05) is 52.0 Å². The molecule has 0 saturated heterocycles. The van der Waals surface area contributed by atoms with Crippen LogP contribution < -0.4 is 10.6 Å². The van der Waals surface area contributed by atoms with E-state index in [0.29, 0.717) is 18.0 Å². The molecule has 2 atom stereocenters. The minimum Gasteiger partial charge on any atom is -0.350 e. The number of carbonyl (C=O) groups is 1. The first-order valence-electron chi connectivity index (χ1n) is 12.8. The number of aryl methyl sites for hydroxylation is 1. The second-order valence-electron chi connectivity index (χ2n) is 11.0. The highest BCUT2D eigenvalue weighted by Crippen LogP contribution is 2.35. The Morgan fingerprint density at radius 1 is 1.14 bits per heavy atom. The van der Waals surface area contributed by atoms with Gasteiger partial charge in [0.15, 0.2) is 0 Å². The summed E-state index contributed by atoms with van der Waals surface area (Å²) in [4.78, 5) is 11.7. The maximum Gasteiger partial charge on any atom is 0.217 e. The zero-order chi connectivity index (χ0) is 25.6. The van der Waals surface area contributed by atoms with Gasteiger partial charge < -0.3 is 10.6 Å². The third-order valence-electron chi connectivity index (χ3n) is 6.49. The number of carbonyl (C=O) groups excluding carboxylic acids is 1. The maximum atomic E-state index is 13.5. The van der Waals surface area contributed by atoms with Crippen LogP contribution in [-0.2, 0) is 24.1 Å². The lowest BCUT2D eigenvalue weighted by atomic mass is 9.80. The monoisotopic (exact) mass is 482 g/mol. The molecular weight excluding hydrogens is 442 g/mol. The third kappa shape index (κ3) is 8.28. The molecule has 2 unspecified atom stereocenters. The van der Waals surface area contributed by atoms with Crippen molar-refractivity contribution in [1.82, 2.24) is 10.6 Å². The van der Waals surface area contributed by atoms with Crippen molar-refractivity contribution >= 4 is 12.0 Å². The van der Waals surface area contributed by atoms with E-state index in [9.17, 15) is 13.6 Å². The van der Waals surface area contributed by atoms with Crippen LogP contribution in [0.5, 0.6) is 0 Å². The molecule has 5 heteroatoms. The van der Waals surface area contributed by atoms with Crippen LogP contribution in [0.25, 0.3) is 6.08 Å². The maximum absolute atomic E-state index is 13.5. The molecule has 0 saturated carbocycles. The molecule has 1 amide bonds. The third-order valence-corrected chi connectivity index (χ3v) is 6.49. The van der Waals surface area contributed by atoms with Crippen LogP contribution in [-0.4, -0.2) is 18.5 Å². The van der Waals surface area contributed by atoms with Gasteiger partial charge in [0.2, 0.25) is 5.91 Å². The summed E-state index contributed by atoms with van der Waals surface area (Å²) in [6.45, 7) is 11.3. The molecule has 1 aliphatic rings. The Labute approximate surface area is 209 Å². The fourth-order valence-corrected chi connectivity index (χ4v) is 5.11. The zero-order valence-electron chi connectivity index (χ0n) is 21.8. The summed E-state index contributed by atoms with van der Waals surface area (Å²) in [5.41, 5.74) is 6.47. The van der Waals surface area contributed by atoms with Gasteiger partial charge in [0.25, 0.3) is 0 Å². The van der Waals surface area contributed by atoms with Gasteiger partial charge in [-0.2, -0.15) is 0 Å². The van der Waals surface area contributed by atoms with Crippen LogP contribution in [0.1, 0.15) is 87.7 Å². The van der Waals surface area contributed by atoms with E-state index in [-0.39, 0.29) is 17.4 Å². The Morgan fingerprint density at radius 3 is 2.49 bits per heavy atom. The van der Waals surface area contributed by atoms with E-state index in [1.54, 1.807) is 6.08 Å². The smallest absolute Gasteiger partial charge is 0.217 e.